The largest absolute Gasteiger partial charge is 0.468 e. The van der Waals surface area contributed by atoms with Crippen molar-refractivity contribution in [2.24, 2.45) is 5.73 Å². The summed E-state index contributed by atoms with van der Waals surface area (Å²) in [6.07, 6.45) is 1.58. The standard InChI is InChI=1S/C18H14N4O2/c1-11-15-16(14-8-5-9-23-14)13(10-19)17(20)24-18(15)22(21-11)12-6-3-2-4-7-12/h2-9,16H,20H2,1H3/t16-/m1/s1. The van der Waals surface area contributed by atoms with Gasteiger partial charge < -0.3 is 14.9 Å². The maximum Gasteiger partial charge on any atom is 0.229 e. The first-order valence-corrected chi connectivity index (χ1v) is 7.46. The molecule has 1 atom stereocenters. The van der Waals surface area contributed by atoms with E-state index in [0.717, 1.165) is 16.9 Å². The van der Waals surface area contributed by atoms with Crippen LogP contribution < -0.4 is 10.5 Å². The van der Waals surface area contributed by atoms with Gasteiger partial charge in [0.15, 0.2) is 0 Å². The molecule has 0 amide bonds. The molecule has 1 aliphatic heterocycles. The quantitative estimate of drug-likeness (QED) is 0.784. The molecule has 118 valence electrons. The third-order valence-corrected chi connectivity index (χ3v) is 4.06. The number of hydrogen-bond donors (Lipinski definition) is 1. The summed E-state index contributed by atoms with van der Waals surface area (Å²) in [5.74, 6) is 0.793. The van der Waals surface area contributed by atoms with Gasteiger partial charge in [-0.1, -0.05) is 18.2 Å². The van der Waals surface area contributed by atoms with E-state index < -0.39 is 5.92 Å². The molecule has 2 N–H and O–H groups in total. The van der Waals surface area contributed by atoms with E-state index in [-0.39, 0.29) is 5.88 Å². The summed E-state index contributed by atoms with van der Waals surface area (Å²) in [5, 5.41) is 14.1. The molecular formula is C18H14N4O2. The molecule has 2 aromatic heterocycles. The van der Waals surface area contributed by atoms with Crippen molar-refractivity contribution in [3.8, 4) is 17.6 Å². The molecule has 24 heavy (non-hydrogen) atoms. The zero-order chi connectivity index (χ0) is 16.7. The second-order valence-electron chi connectivity index (χ2n) is 5.49. The Balaban J connectivity index is 1.97. The zero-order valence-electron chi connectivity index (χ0n) is 12.9. The second-order valence-corrected chi connectivity index (χ2v) is 5.49. The van der Waals surface area contributed by atoms with Crippen LogP contribution in [0.5, 0.6) is 5.88 Å². The van der Waals surface area contributed by atoms with Gasteiger partial charge in [0.25, 0.3) is 0 Å². The Kier molecular flexibility index (Phi) is 3.14. The summed E-state index contributed by atoms with van der Waals surface area (Å²) in [7, 11) is 0. The number of nitrogens with zero attached hydrogens (tertiary/aromatic N) is 3. The molecule has 4 rings (SSSR count). The highest BCUT2D eigenvalue weighted by Gasteiger charge is 2.37. The molecule has 0 unspecified atom stereocenters. The minimum Gasteiger partial charge on any atom is -0.468 e. The molecule has 6 heteroatoms. The van der Waals surface area contributed by atoms with Crippen LogP contribution in [0.25, 0.3) is 5.69 Å². The van der Waals surface area contributed by atoms with Crippen molar-refractivity contribution in [2.45, 2.75) is 12.8 Å². The van der Waals surface area contributed by atoms with Gasteiger partial charge in [0.05, 0.1) is 29.1 Å². The molecule has 0 saturated carbocycles. The first-order chi connectivity index (χ1) is 11.7. The van der Waals surface area contributed by atoms with E-state index in [1.165, 1.54) is 0 Å². The van der Waals surface area contributed by atoms with Gasteiger partial charge in [0.2, 0.25) is 11.8 Å². The molecule has 1 aromatic carbocycles. The number of furan rings is 1. The molecule has 3 aromatic rings. The van der Waals surface area contributed by atoms with Gasteiger partial charge in [-0.15, -0.1) is 0 Å². The Labute approximate surface area is 138 Å². The summed E-state index contributed by atoms with van der Waals surface area (Å²) in [6.45, 7) is 1.88. The van der Waals surface area contributed by atoms with Crippen molar-refractivity contribution in [3.05, 3.63) is 77.2 Å². The number of benzene rings is 1. The van der Waals surface area contributed by atoms with Crippen LogP contribution >= 0.6 is 0 Å². The van der Waals surface area contributed by atoms with Gasteiger partial charge in [-0.3, -0.25) is 0 Å². The van der Waals surface area contributed by atoms with Crippen LogP contribution in [0, 0.1) is 18.3 Å². The molecule has 0 aliphatic carbocycles. The maximum atomic E-state index is 9.53. The number of aromatic nitrogens is 2. The van der Waals surface area contributed by atoms with E-state index in [1.807, 2.05) is 43.3 Å². The van der Waals surface area contributed by atoms with Crippen LogP contribution in [0.3, 0.4) is 0 Å². The number of ether oxygens (including phenoxy) is 1. The number of nitrogens with two attached hydrogens (primary N) is 1. The normalized spacial score (nSPS) is 16.4. The van der Waals surface area contributed by atoms with Crippen molar-refractivity contribution < 1.29 is 9.15 Å². The molecule has 0 spiro atoms. The van der Waals surface area contributed by atoms with Gasteiger partial charge in [-0.05, 0) is 31.2 Å². The number of para-hydroxylation sites is 1. The molecule has 3 heterocycles. The molecular weight excluding hydrogens is 304 g/mol. The first kappa shape index (κ1) is 14.2. The fraction of sp³-hybridized carbons (Fsp3) is 0.111. The van der Waals surface area contributed by atoms with Crippen LogP contribution in [0.2, 0.25) is 0 Å². The average Bonchev–Trinajstić information content (AvgIpc) is 3.23. The van der Waals surface area contributed by atoms with Crippen LogP contribution in [0.1, 0.15) is 22.9 Å². The Morgan fingerprint density at radius 1 is 1.21 bits per heavy atom. The summed E-state index contributed by atoms with van der Waals surface area (Å²) in [4.78, 5) is 0. The van der Waals surface area contributed by atoms with Gasteiger partial charge in [0, 0.05) is 0 Å². The van der Waals surface area contributed by atoms with Gasteiger partial charge in [0.1, 0.15) is 17.4 Å². The number of rotatable bonds is 2. The van der Waals surface area contributed by atoms with E-state index in [9.17, 15) is 5.26 Å². The Bertz CT molecular complexity index is 963. The first-order valence-electron chi connectivity index (χ1n) is 7.46. The van der Waals surface area contributed by atoms with Crippen LogP contribution in [-0.4, -0.2) is 9.78 Å². The lowest BCUT2D eigenvalue weighted by molar-refractivity contribution is 0.360. The van der Waals surface area contributed by atoms with Gasteiger partial charge in [-0.25, -0.2) is 4.68 Å². The number of aryl methyl sites for hydroxylation is 1. The van der Waals surface area contributed by atoms with Crippen molar-refractivity contribution >= 4 is 0 Å². The van der Waals surface area contributed by atoms with E-state index in [4.69, 9.17) is 14.9 Å². The molecule has 0 fully saturated rings. The SMILES string of the molecule is Cc1nn(-c2ccccc2)c2c1[C@@H](c1ccco1)C(C#N)=C(N)O2. The third-order valence-electron chi connectivity index (χ3n) is 4.06. The summed E-state index contributed by atoms with van der Waals surface area (Å²) in [5.41, 5.74) is 8.74. The second kappa shape index (κ2) is 5.32. The van der Waals surface area contributed by atoms with Crippen LogP contribution in [-0.2, 0) is 0 Å². The highest BCUT2D eigenvalue weighted by molar-refractivity contribution is 5.55. The van der Waals surface area contributed by atoms with Crippen molar-refractivity contribution in [1.29, 1.82) is 5.26 Å². The predicted molar refractivity (Wildman–Crippen MR) is 86.3 cm³/mol. The topological polar surface area (TPSA) is 90.0 Å². The van der Waals surface area contributed by atoms with Crippen LogP contribution in [0.4, 0.5) is 0 Å². The molecule has 6 nitrogen and oxygen atoms in total. The Morgan fingerprint density at radius 2 is 2.00 bits per heavy atom. The predicted octanol–water partition coefficient (Wildman–Crippen LogP) is 2.99. The molecule has 0 radical (unpaired) electrons. The molecule has 1 aliphatic rings. The highest BCUT2D eigenvalue weighted by Crippen LogP contribution is 2.44. The fourth-order valence-corrected chi connectivity index (χ4v) is 3.00. The zero-order valence-corrected chi connectivity index (χ0v) is 12.9. The molecule has 0 bridgehead atoms. The Hall–Kier alpha value is -3.46. The fourth-order valence-electron chi connectivity index (χ4n) is 3.00. The van der Waals surface area contributed by atoms with Crippen molar-refractivity contribution in [1.82, 2.24) is 9.78 Å². The van der Waals surface area contributed by atoms with E-state index in [1.54, 1.807) is 17.0 Å². The molecule has 0 saturated heterocycles. The highest BCUT2D eigenvalue weighted by atomic mass is 16.5. The monoisotopic (exact) mass is 318 g/mol. The van der Waals surface area contributed by atoms with E-state index in [0.29, 0.717) is 17.2 Å². The Morgan fingerprint density at radius 3 is 2.67 bits per heavy atom. The summed E-state index contributed by atoms with van der Waals surface area (Å²) in [6, 6.07) is 15.4. The van der Waals surface area contributed by atoms with Crippen molar-refractivity contribution in [2.75, 3.05) is 0 Å². The number of allylic oxidation sites excluding steroid dienone is 1. The minimum absolute atomic E-state index is 0.0727. The van der Waals surface area contributed by atoms with Crippen molar-refractivity contribution in [3.63, 3.8) is 0 Å². The van der Waals surface area contributed by atoms with Crippen LogP contribution in [0.15, 0.2) is 64.6 Å². The summed E-state index contributed by atoms with van der Waals surface area (Å²) >= 11 is 0. The minimum atomic E-state index is -0.425. The number of nitriles is 1. The maximum absolute atomic E-state index is 9.53. The summed E-state index contributed by atoms with van der Waals surface area (Å²) < 4.78 is 13.0. The average molecular weight is 318 g/mol. The van der Waals surface area contributed by atoms with Gasteiger partial charge in [-0.2, -0.15) is 10.4 Å². The third kappa shape index (κ3) is 1.99. The lowest BCUT2D eigenvalue weighted by Gasteiger charge is -2.23. The lowest BCUT2D eigenvalue weighted by Crippen LogP contribution is -2.21. The smallest absolute Gasteiger partial charge is 0.229 e. The van der Waals surface area contributed by atoms with E-state index >= 15 is 0 Å². The number of hydrogen-bond acceptors (Lipinski definition) is 5. The number of fused-ring (bicyclic) bond motifs is 1. The van der Waals surface area contributed by atoms with Gasteiger partial charge >= 0.3 is 0 Å². The lowest BCUT2D eigenvalue weighted by atomic mass is 9.88. The van der Waals surface area contributed by atoms with E-state index in [2.05, 4.69) is 11.2 Å².